The maximum absolute atomic E-state index is 11.8. The second kappa shape index (κ2) is 7.33. The topological polar surface area (TPSA) is 81.5 Å². The third-order valence-corrected chi connectivity index (χ3v) is 4.19. The first-order chi connectivity index (χ1) is 11.7. The van der Waals surface area contributed by atoms with Crippen molar-refractivity contribution >= 4 is 6.29 Å². The molecule has 0 amide bonds. The Bertz CT molecular complexity index is 693. The normalized spacial score (nSPS) is 24.9. The Labute approximate surface area is 139 Å². The Morgan fingerprint density at radius 1 is 1.12 bits per heavy atom. The summed E-state index contributed by atoms with van der Waals surface area (Å²) < 4.78 is 5.85. The van der Waals surface area contributed by atoms with Crippen molar-refractivity contribution in [2.24, 2.45) is 0 Å². The number of nitrogens with one attached hydrogen (secondary N) is 1. The van der Waals surface area contributed by atoms with E-state index in [0.29, 0.717) is 5.56 Å². The van der Waals surface area contributed by atoms with Crippen LogP contribution in [0.25, 0.3) is 0 Å². The molecule has 0 spiro atoms. The highest BCUT2D eigenvalue weighted by molar-refractivity contribution is 5.56. The first-order valence-corrected chi connectivity index (χ1v) is 7.78. The second-order valence-corrected chi connectivity index (χ2v) is 5.72. The van der Waals surface area contributed by atoms with E-state index in [0.717, 1.165) is 11.8 Å². The number of rotatable bonds is 5. The number of carbonyl (C=O) groups excluding carboxylic acids is 1. The van der Waals surface area contributed by atoms with Crippen LogP contribution >= 0.6 is 0 Å². The van der Waals surface area contributed by atoms with Crippen LogP contribution in [0, 0.1) is 10.1 Å². The SMILES string of the molecule is O=C[C@H]1CN[C@H](C(c2ccccc2)[N+](=O)[O-])[C@H](c2ccccc2)O1. The molecule has 124 valence electrons. The molecule has 1 aliphatic heterocycles. The standard InChI is InChI=1S/C18H18N2O4/c21-12-15-11-19-16(18(24-15)14-9-5-2-6-10-14)17(20(22)23)13-7-3-1-4-8-13/h1-10,12,15-19H,11H2/t15-,16-,17?,18+/m1/s1. The van der Waals surface area contributed by atoms with Crippen molar-refractivity contribution in [1.29, 1.82) is 0 Å². The van der Waals surface area contributed by atoms with Gasteiger partial charge in [-0.2, -0.15) is 0 Å². The lowest BCUT2D eigenvalue weighted by atomic mass is 9.90. The average molecular weight is 326 g/mol. The van der Waals surface area contributed by atoms with Crippen molar-refractivity contribution in [3.63, 3.8) is 0 Å². The summed E-state index contributed by atoms with van der Waals surface area (Å²) in [5.74, 6) is 0. The van der Waals surface area contributed by atoms with Gasteiger partial charge in [-0.25, -0.2) is 0 Å². The van der Waals surface area contributed by atoms with Crippen molar-refractivity contribution in [3.8, 4) is 0 Å². The van der Waals surface area contributed by atoms with Crippen LogP contribution in [0.15, 0.2) is 60.7 Å². The van der Waals surface area contributed by atoms with Gasteiger partial charge in [0.15, 0.2) is 0 Å². The molecule has 1 aliphatic rings. The first kappa shape index (κ1) is 16.3. The van der Waals surface area contributed by atoms with E-state index in [1.165, 1.54) is 0 Å². The summed E-state index contributed by atoms with van der Waals surface area (Å²) in [6.45, 7) is 0.259. The van der Waals surface area contributed by atoms with Gasteiger partial charge in [-0.1, -0.05) is 60.7 Å². The second-order valence-electron chi connectivity index (χ2n) is 5.72. The number of hydrogen-bond donors (Lipinski definition) is 1. The van der Waals surface area contributed by atoms with E-state index in [-0.39, 0.29) is 11.5 Å². The largest absolute Gasteiger partial charge is 0.360 e. The number of nitro groups is 1. The molecule has 24 heavy (non-hydrogen) atoms. The van der Waals surface area contributed by atoms with E-state index in [1.54, 1.807) is 24.3 Å². The maximum atomic E-state index is 11.8. The molecule has 0 aliphatic carbocycles. The van der Waals surface area contributed by atoms with E-state index >= 15 is 0 Å². The molecule has 3 rings (SSSR count). The highest BCUT2D eigenvalue weighted by Gasteiger charge is 2.43. The highest BCUT2D eigenvalue weighted by Crippen LogP contribution is 2.34. The molecule has 6 nitrogen and oxygen atoms in total. The van der Waals surface area contributed by atoms with Gasteiger partial charge in [-0.05, 0) is 5.56 Å². The number of ether oxygens (including phenoxy) is 1. The monoisotopic (exact) mass is 326 g/mol. The molecule has 0 radical (unpaired) electrons. The number of aldehydes is 1. The van der Waals surface area contributed by atoms with Gasteiger partial charge in [0.25, 0.3) is 6.04 Å². The van der Waals surface area contributed by atoms with Gasteiger partial charge in [0, 0.05) is 17.0 Å². The molecule has 1 fully saturated rings. The van der Waals surface area contributed by atoms with Crippen LogP contribution in [0.4, 0.5) is 0 Å². The lowest BCUT2D eigenvalue weighted by Gasteiger charge is -2.37. The van der Waals surface area contributed by atoms with Crippen molar-refractivity contribution in [3.05, 3.63) is 81.9 Å². The Hall–Kier alpha value is -2.57. The highest BCUT2D eigenvalue weighted by atomic mass is 16.6. The Morgan fingerprint density at radius 3 is 2.33 bits per heavy atom. The van der Waals surface area contributed by atoms with Crippen molar-refractivity contribution < 1.29 is 14.5 Å². The summed E-state index contributed by atoms with van der Waals surface area (Å²) in [5.41, 5.74) is 1.42. The summed E-state index contributed by atoms with van der Waals surface area (Å²) in [6, 6.07) is 16.6. The fraction of sp³-hybridized carbons (Fsp3) is 0.278. The number of carbonyl (C=O) groups is 1. The third kappa shape index (κ3) is 3.34. The zero-order chi connectivity index (χ0) is 16.9. The summed E-state index contributed by atoms with van der Waals surface area (Å²) >= 11 is 0. The van der Waals surface area contributed by atoms with E-state index in [9.17, 15) is 14.9 Å². The molecule has 2 aromatic carbocycles. The predicted molar refractivity (Wildman–Crippen MR) is 88.1 cm³/mol. The fourth-order valence-electron chi connectivity index (χ4n) is 3.08. The molecule has 6 heteroatoms. The van der Waals surface area contributed by atoms with Gasteiger partial charge in [-0.15, -0.1) is 0 Å². The molecular weight excluding hydrogens is 308 g/mol. The molecule has 4 atom stereocenters. The van der Waals surface area contributed by atoms with Gasteiger partial charge in [0.1, 0.15) is 24.5 Å². The van der Waals surface area contributed by atoms with E-state index in [2.05, 4.69) is 5.32 Å². The number of nitrogens with zero attached hydrogens (tertiary/aromatic N) is 1. The van der Waals surface area contributed by atoms with Crippen LogP contribution in [0.5, 0.6) is 0 Å². The van der Waals surface area contributed by atoms with Crippen LogP contribution < -0.4 is 5.32 Å². The number of benzene rings is 2. The van der Waals surface area contributed by atoms with Gasteiger partial charge in [0.2, 0.25) is 0 Å². The molecular formula is C18H18N2O4. The van der Waals surface area contributed by atoms with Crippen molar-refractivity contribution in [1.82, 2.24) is 5.32 Å². The Kier molecular flexibility index (Phi) is 4.98. The van der Waals surface area contributed by atoms with Crippen LogP contribution in [0.2, 0.25) is 0 Å². The quantitative estimate of drug-likeness (QED) is 0.518. The Balaban J connectivity index is 1.98. The summed E-state index contributed by atoms with van der Waals surface area (Å²) in [6.07, 6.45) is -0.469. The summed E-state index contributed by atoms with van der Waals surface area (Å²) in [5, 5.41) is 14.9. The minimum atomic E-state index is -0.969. The molecule has 0 aromatic heterocycles. The minimum Gasteiger partial charge on any atom is -0.360 e. The molecule has 2 aromatic rings. The lowest BCUT2D eigenvalue weighted by Crippen LogP contribution is -2.52. The van der Waals surface area contributed by atoms with E-state index in [4.69, 9.17) is 4.74 Å². The van der Waals surface area contributed by atoms with E-state index < -0.39 is 24.3 Å². The van der Waals surface area contributed by atoms with Crippen LogP contribution in [-0.2, 0) is 9.53 Å². The predicted octanol–water partition coefficient (Wildman–Crippen LogP) is 2.30. The van der Waals surface area contributed by atoms with Crippen LogP contribution in [0.3, 0.4) is 0 Å². The zero-order valence-corrected chi connectivity index (χ0v) is 12.9. The lowest BCUT2D eigenvalue weighted by molar-refractivity contribution is -0.537. The van der Waals surface area contributed by atoms with Crippen LogP contribution in [-0.4, -0.2) is 29.9 Å². The van der Waals surface area contributed by atoms with Gasteiger partial charge >= 0.3 is 0 Å². The molecule has 0 bridgehead atoms. The molecule has 1 saturated heterocycles. The van der Waals surface area contributed by atoms with E-state index in [1.807, 2.05) is 36.4 Å². The summed E-state index contributed by atoms with van der Waals surface area (Å²) in [7, 11) is 0. The van der Waals surface area contributed by atoms with Gasteiger partial charge < -0.3 is 14.8 Å². The van der Waals surface area contributed by atoms with Crippen molar-refractivity contribution in [2.45, 2.75) is 24.3 Å². The van der Waals surface area contributed by atoms with Gasteiger partial charge in [0.05, 0.1) is 0 Å². The maximum Gasteiger partial charge on any atom is 0.256 e. The van der Waals surface area contributed by atoms with Crippen LogP contribution in [0.1, 0.15) is 23.3 Å². The Morgan fingerprint density at radius 2 is 1.75 bits per heavy atom. The van der Waals surface area contributed by atoms with Gasteiger partial charge in [-0.3, -0.25) is 10.1 Å². The van der Waals surface area contributed by atoms with Crippen molar-refractivity contribution in [2.75, 3.05) is 6.54 Å². The smallest absolute Gasteiger partial charge is 0.256 e. The fourth-order valence-corrected chi connectivity index (χ4v) is 3.08. The minimum absolute atomic E-state index is 0.259. The first-order valence-electron chi connectivity index (χ1n) is 7.78. The molecule has 0 saturated carbocycles. The number of hydrogen-bond acceptors (Lipinski definition) is 5. The molecule has 1 heterocycles. The summed E-state index contributed by atoms with van der Waals surface area (Å²) in [4.78, 5) is 22.6. The third-order valence-electron chi connectivity index (χ3n) is 4.19. The zero-order valence-electron chi connectivity index (χ0n) is 12.9. The molecule has 1 unspecified atom stereocenters. The average Bonchev–Trinajstić information content (AvgIpc) is 2.63. The molecule has 1 N–H and O–H groups in total. The number of morpholine rings is 1.